The van der Waals surface area contributed by atoms with Crippen molar-refractivity contribution in [2.75, 3.05) is 0 Å². The van der Waals surface area contributed by atoms with Crippen LogP contribution in [0.15, 0.2) is 33.5 Å². The molecule has 1 unspecified atom stereocenters. The molecule has 112 valence electrons. The average molecular weight is 288 g/mol. The zero-order chi connectivity index (χ0) is 15.0. The predicted octanol–water partition coefficient (Wildman–Crippen LogP) is 2.29. The highest BCUT2D eigenvalue weighted by atomic mass is 16.4. The van der Waals surface area contributed by atoms with Gasteiger partial charge in [-0.05, 0) is 30.4 Å². The Hall–Kier alpha value is -2.04. The summed E-state index contributed by atoms with van der Waals surface area (Å²) >= 11 is 0. The van der Waals surface area contributed by atoms with E-state index >= 15 is 0 Å². The zero-order valence-electron chi connectivity index (χ0n) is 12.4. The number of carbonyl (C=O) groups is 1. The van der Waals surface area contributed by atoms with E-state index in [4.69, 9.17) is 4.42 Å². The molecule has 1 N–H and O–H groups in total. The van der Waals surface area contributed by atoms with Crippen LogP contribution in [0.25, 0.3) is 11.1 Å². The number of fused-ring (bicyclic) bond motifs is 1. The first-order valence-electron chi connectivity index (χ1n) is 7.35. The lowest BCUT2D eigenvalue weighted by Crippen LogP contribution is -2.43. The van der Waals surface area contributed by atoms with Crippen LogP contribution in [0.2, 0.25) is 0 Å². The van der Waals surface area contributed by atoms with Crippen LogP contribution in [0.5, 0.6) is 0 Å². The van der Waals surface area contributed by atoms with Crippen molar-refractivity contribution in [3.8, 4) is 0 Å². The SMILES string of the molecule is CC1(C)CCCC1NC(=O)Cn1c(=O)oc2ccccc21. The van der Waals surface area contributed by atoms with Gasteiger partial charge in [0.15, 0.2) is 5.58 Å². The first-order chi connectivity index (χ1) is 9.97. The van der Waals surface area contributed by atoms with E-state index in [2.05, 4.69) is 19.2 Å². The van der Waals surface area contributed by atoms with E-state index < -0.39 is 5.76 Å². The molecule has 5 heteroatoms. The second-order valence-electron chi connectivity index (χ2n) is 6.42. The summed E-state index contributed by atoms with van der Waals surface area (Å²) in [5, 5.41) is 3.06. The molecular formula is C16H20N2O3. The van der Waals surface area contributed by atoms with Gasteiger partial charge in [0, 0.05) is 6.04 Å². The maximum atomic E-state index is 12.2. The molecule has 5 nitrogen and oxygen atoms in total. The molecule has 1 aliphatic carbocycles. The largest absolute Gasteiger partial charge is 0.420 e. The lowest BCUT2D eigenvalue weighted by atomic mass is 9.87. The molecule has 0 saturated heterocycles. The monoisotopic (exact) mass is 288 g/mol. The normalized spacial score (nSPS) is 20.8. The van der Waals surface area contributed by atoms with Crippen LogP contribution >= 0.6 is 0 Å². The van der Waals surface area contributed by atoms with Gasteiger partial charge in [0.1, 0.15) is 6.54 Å². The van der Waals surface area contributed by atoms with Crippen LogP contribution in [0.4, 0.5) is 0 Å². The highest BCUT2D eigenvalue weighted by Crippen LogP contribution is 2.37. The van der Waals surface area contributed by atoms with Crippen molar-refractivity contribution in [1.82, 2.24) is 9.88 Å². The van der Waals surface area contributed by atoms with Crippen LogP contribution in [0.1, 0.15) is 33.1 Å². The van der Waals surface area contributed by atoms with E-state index in [9.17, 15) is 9.59 Å². The Kier molecular flexibility index (Phi) is 3.35. The van der Waals surface area contributed by atoms with Gasteiger partial charge < -0.3 is 9.73 Å². The summed E-state index contributed by atoms with van der Waals surface area (Å²) in [6.07, 6.45) is 3.25. The number of carbonyl (C=O) groups excluding carboxylic acids is 1. The molecule has 21 heavy (non-hydrogen) atoms. The lowest BCUT2D eigenvalue weighted by Gasteiger charge is -2.27. The van der Waals surface area contributed by atoms with Gasteiger partial charge in [-0.15, -0.1) is 0 Å². The van der Waals surface area contributed by atoms with Crippen molar-refractivity contribution in [3.05, 3.63) is 34.8 Å². The molecule has 1 heterocycles. The van der Waals surface area contributed by atoms with Gasteiger partial charge in [-0.3, -0.25) is 9.36 Å². The van der Waals surface area contributed by atoms with E-state index in [1.165, 1.54) is 4.57 Å². The van der Waals surface area contributed by atoms with Gasteiger partial charge in [0.2, 0.25) is 5.91 Å². The average Bonchev–Trinajstić information content (AvgIpc) is 2.91. The molecule has 0 bridgehead atoms. The number of para-hydroxylation sites is 2. The Labute approximate surface area is 122 Å². The van der Waals surface area contributed by atoms with Crippen LogP contribution in [0.3, 0.4) is 0 Å². The molecule has 0 radical (unpaired) electrons. The van der Waals surface area contributed by atoms with Crippen molar-refractivity contribution in [2.45, 2.75) is 45.7 Å². The fourth-order valence-electron chi connectivity index (χ4n) is 3.14. The number of oxazole rings is 1. The van der Waals surface area contributed by atoms with Gasteiger partial charge in [-0.1, -0.05) is 32.4 Å². The molecule has 3 rings (SSSR count). The number of nitrogens with zero attached hydrogens (tertiary/aromatic N) is 1. The minimum absolute atomic E-state index is 0.00241. The second kappa shape index (κ2) is 5.06. The standard InChI is InChI=1S/C16H20N2O3/c1-16(2)9-5-8-13(16)17-14(19)10-18-11-6-3-4-7-12(11)21-15(18)20/h3-4,6-7,13H,5,8-10H2,1-2H3,(H,17,19). The van der Waals surface area contributed by atoms with Crippen molar-refractivity contribution in [1.29, 1.82) is 0 Å². The fraction of sp³-hybridized carbons (Fsp3) is 0.500. The van der Waals surface area contributed by atoms with Crippen LogP contribution in [0, 0.1) is 5.41 Å². The Morgan fingerprint density at radius 3 is 2.90 bits per heavy atom. The number of aromatic nitrogens is 1. The summed E-state index contributed by atoms with van der Waals surface area (Å²) < 4.78 is 6.52. The second-order valence-corrected chi connectivity index (χ2v) is 6.42. The maximum Gasteiger partial charge on any atom is 0.420 e. The number of hydrogen-bond donors (Lipinski definition) is 1. The Balaban J connectivity index is 1.78. The van der Waals surface area contributed by atoms with Gasteiger partial charge >= 0.3 is 5.76 Å². The van der Waals surface area contributed by atoms with Crippen molar-refractivity contribution < 1.29 is 9.21 Å². The highest BCUT2D eigenvalue weighted by molar-refractivity contribution is 5.79. The smallest absolute Gasteiger partial charge is 0.408 e. The summed E-state index contributed by atoms with van der Waals surface area (Å²) in [7, 11) is 0. The van der Waals surface area contributed by atoms with E-state index in [1.807, 2.05) is 6.07 Å². The maximum absolute atomic E-state index is 12.2. The van der Waals surface area contributed by atoms with Crippen molar-refractivity contribution >= 4 is 17.0 Å². The first kappa shape index (κ1) is 13.9. The van der Waals surface area contributed by atoms with E-state index in [1.54, 1.807) is 18.2 Å². The Morgan fingerprint density at radius 1 is 1.43 bits per heavy atom. The summed E-state index contributed by atoms with van der Waals surface area (Å²) in [5.41, 5.74) is 1.29. The predicted molar refractivity (Wildman–Crippen MR) is 80.0 cm³/mol. The van der Waals surface area contributed by atoms with E-state index in [-0.39, 0.29) is 23.9 Å². The molecule has 1 amide bonds. The van der Waals surface area contributed by atoms with E-state index in [0.717, 1.165) is 19.3 Å². The minimum atomic E-state index is -0.489. The quantitative estimate of drug-likeness (QED) is 0.942. The minimum Gasteiger partial charge on any atom is -0.408 e. The number of benzene rings is 1. The fourth-order valence-corrected chi connectivity index (χ4v) is 3.14. The van der Waals surface area contributed by atoms with Crippen LogP contribution in [-0.4, -0.2) is 16.5 Å². The van der Waals surface area contributed by atoms with E-state index in [0.29, 0.717) is 11.1 Å². The third-order valence-corrected chi connectivity index (χ3v) is 4.47. The van der Waals surface area contributed by atoms with Crippen LogP contribution in [-0.2, 0) is 11.3 Å². The number of rotatable bonds is 3. The molecule has 2 aromatic rings. The first-order valence-corrected chi connectivity index (χ1v) is 7.35. The summed E-state index contributed by atoms with van der Waals surface area (Å²) in [6, 6.07) is 7.32. The lowest BCUT2D eigenvalue weighted by molar-refractivity contribution is -0.123. The zero-order valence-corrected chi connectivity index (χ0v) is 12.4. The molecule has 1 atom stereocenters. The van der Waals surface area contributed by atoms with Gasteiger partial charge in [0.25, 0.3) is 0 Å². The molecule has 0 aliphatic heterocycles. The van der Waals surface area contributed by atoms with Crippen molar-refractivity contribution in [2.24, 2.45) is 5.41 Å². The summed E-state index contributed by atoms with van der Waals surface area (Å²) in [6.45, 7) is 4.34. The molecule has 1 aliphatic rings. The molecular weight excluding hydrogens is 268 g/mol. The summed E-state index contributed by atoms with van der Waals surface area (Å²) in [5.74, 6) is -0.624. The Morgan fingerprint density at radius 2 is 2.19 bits per heavy atom. The van der Waals surface area contributed by atoms with Gasteiger partial charge in [-0.2, -0.15) is 0 Å². The molecule has 1 aromatic carbocycles. The number of nitrogens with one attached hydrogen (secondary N) is 1. The van der Waals surface area contributed by atoms with Gasteiger partial charge in [-0.25, -0.2) is 4.79 Å². The van der Waals surface area contributed by atoms with Gasteiger partial charge in [0.05, 0.1) is 5.52 Å². The molecule has 1 aromatic heterocycles. The highest BCUT2D eigenvalue weighted by Gasteiger charge is 2.35. The summed E-state index contributed by atoms with van der Waals surface area (Å²) in [4.78, 5) is 24.1. The third-order valence-electron chi connectivity index (χ3n) is 4.47. The number of amides is 1. The molecule has 0 spiro atoms. The Bertz CT molecular complexity index is 726. The third kappa shape index (κ3) is 2.60. The molecule has 1 saturated carbocycles. The molecule has 1 fully saturated rings. The topological polar surface area (TPSA) is 64.2 Å². The van der Waals surface area contributed by atoms with Crippen LogP contribution < -0.4 is 11.1 Å². The van der Waals surface area contributed by atoms with Crippen molar-refractivity contribution in [3.63, 3.8) is 0 Å². The number of hydrogen-bond acceptors (Lipinski definition) is 3.